The van der Waals surface area contributed by atoms with Gasteiger partial charge in [-0.25, -0.2) is 0 Å². The van der Waals surface area contributed by atoms with Gasteiger partial charge in [-0.3, -0.25) is 11.3 Å². The fraction of sp³-hybridized carbons (Fsp3) is 1.00. The molecule has 0 aromatic rings. The van der Waals surface area contributed by atoms with E-state index in [9.17, 15) is 0 Å². The molecule has 3 heteroatoms. The Labute approximate surface area is 113 Å². The van der Waals surface area contributed by atoms with E-state index in [1.54, 1.807) is 0 Å². The molecule has 1 aliphatic rings. The van der Waals surface area contributed by atoms with Crippen molar-refractivity contribution in [2.45, 2.75) is 77.9 Å². The molecule has 0 bridgehead atoms. The first-order valence-corrected chi connectivity index (χ1v) is 7.84. The summed E-state index contributed by atoms with van der Waals surface area (Å²) in [6.07, 6.45) is 9.32. The monoisotopic (exact) mass is 256 g/mol. The molecule has 0 aromatic carbocycles. The molecular formula is C15H32N2O. The number of nitrogens with two attached hydrogens (primary N) is 1. The maximum absolute atomic E-state index is 5.93. The molecule has 1 aliphatic carbocycles. The van der Waals surface area contributed by atoms with Gasteiger partial charge in [0.1, 0.15) is 0 Å². The first-order valence-electron chi connectivity index (χ1n) is 7.84. The lowest BCUT2D eigenvalue weighted by molar-refractivity contribution is 0.0121. The topological polar surface area (TPSA) is 47.3 Å². The molecule has 0 aliphatic heterocycles. The van der Waals surface area contributed by atoms with Crippen LogP contribution >= 0.6 is 0 Å². The minimum absolute atomic E-state index is 0.329. The van der Waals surface area contributed by atoms with Crippen LogP contribution in [0, 0.1) is 11.8 Å². The van der Waals surface area contributed by atoms with Crippen LogP contribution < -0.4 is 11.3 Å². The van der Waals surface area contributed by atoms with E-state index in [0.29, 0.717) is 12.1 Å². The van der Waals surface area contributed by atoms with Crippen molar-refractivity contribution in [3.05, 3.63) is 0 Å². The largest absolute Gasteiger partial charge is 0.377 e. The van der Waals surface area contributed by atoms with Crippen molar-refractivity contribution in [2.24, 2.45) is 17.7 Å². The summed E-state index contributed by atoms with van der Waals surface area (Å²) in [5.41, 5.74) is 3.02. The zero-order valence-corrected chi connectivity index (χ0v) is 12.5. The molecule has 1 rings (SSSR count). The predicted molar refractivity (Wildman–Crippen MR) is 77.2 cm³/mol. The van der Waals surface area contributed by atoms with Crippen molar-refractivity contribution in [2.75, 3.05) is 6.61 Å². The van der Waals surface area contributed by atoms with Crippen molar-refractivity contribution >= 4 is 0 Å². The fourth-order valence-corrected chi connectivity index (χ4v) is 2.84. The molecule has 3 atom stereocenters. The highest BCUT2D eigenvalue weighted by Crippen LogP contribution is 2.37. The van der Waals surface area contributed by atoms with Crippen molar-refractivity contribution in [3.63, 3.8) is 0 Å². The fourth-order valence-electron chi connectivity index (χ4n) is 2.84. The van der Waals surface area contributed by atoms with Gasteiger partial charge in [-0.1, -0.05) is 39.5 Å². The Kier molecular flexibility index (Phi) is 7.87. The van der Waals surface area contributed by atoms with Gasteiger partial charge in [0.2, 0.25) is 0 Å². The van der Waals surface area contributed by atoms with E-state index < -0.39 is 0 Å². The van der Waals surface area contributed by atoms with Crippen molar-refractivity contribution in [3.8, 4) is 0 Å². The minimum atomic E-state index is 0.329. The Morgan fingerprint density at radius 1 is 1.28 bits per heavy atom. The Morgan fingerprint density at radius 2 is 2.00 bits per heavy atom. The average Bonchev–Trinajstić information content (AvgIpc) is 3.21. The minimum Gasteiger partial charge on any atom is -0.377 e. The second kappa shape index (κ2) is 8.89. The first-order chi connectivity index (χ1) is 8.76. The Morgan fingerprint density at radius 3 is 2.44 bits per heavy atom. The van der Waals surface area contributed by atoms with Gasteiger partial charge in [0.05, 0.1) is 6.10 Å². The third kappa shape index (κ3) is 5.25. The highest BCUT2D eigenvalue weighted by molar-refractivity contribution is 4.90. The maximum atomic E-state index is 5.93. The number of ether oxygens (including phenoxy) is 1. The van der Waals surface area contributed by atoms with Gasteiger partial charge in [0.15, 0.2) is 0 Å². The van der Waals surface area contributed by atoms with E-state index in [1.165, 1.54) is 38.5 Å². The Bertz CT molecular complexity index is 207. The Balaban J connectivity index is 2.45. The second-order valence-electron chi connectivity index (χ2n) is 5.68. The highest BCUT2D eigenvalue weighted by Gasteiger charge is 2.37. The average molecular weight is 256 g/mol. The number of hydrazine groups is 1. The lowest BCUT2D eigenvalue weighted by atomic mass is 9.89. The smallest absolute Gasteiger partial charge is 0.0769 e. The zero-order valence-electron chi connectivity index (χ0n) is 12.5. The first kappa shape index (κ1) is 15.9. The molecule has 0 heterocycles. The molecule has 0 saturated heterocycles. The standard InChI is InChI=1S/C15H32N2O/c1-4-7-8-12(5-2)11-14(17-16)15(18-6-3)13-9-10-13/h12-15,17H,4-11,16H2,1-3H3. The van der Waals surface area contributed by atoms with E-state index in [4.69, 9.17) is 10.6 Å². The van der Waals surface area contributed by atoms with Crippen LogP contribution in [0.2, 0.25) is 0 Å². The molecule has 3 nitrogen and oxygen atoms in total. The molecule has 1 fully saturated rings. The number of nitrogens with one attached hydrogen (secondary N) is 1. The molecule has 1 saturated carbocycles. The zero-order chi connectivity index (χ0) is 13.4. The normalized spacial score (nSPS) is 20.7. The molecule has 0 amide bonds. The number of hydrogen-bond donors (Lipinski definition) is 2. The van der Waals surface area contributed by atoms with Crippen molar-refractivity contribution in [1.29, 1.82) is 0 Å². The van der Waals surface area contributed by atoms with E-state index in [1.807, 2.05) is 0 Å². The van der Waals surface area contributed by atoms with Crippen molar-refractivity contribution < 1.29 is 4.74 Å². The van der Waals surface area contributed by atoms with Gasteiger partial charge in [-0.2, -0.15) is 0 Å². The molecule has 108 valence electrons. The van der Waals surface area contributed by atoms with Gasteiger partial charge < -0.3 is 4.74 Å². The summed E-state index contributed by atoms with van der Waals surface area (Å²) in [5.74, 6) is 7.30. The van der Waals surface area contributed by atoms with Gasteiger partial charge >= 0.3 is 0 Å². The van der Waals surface area contributed by atoms with Crippen LogP contribution in [0.5, 0.6) is 0 Å². The van der Waals surface area contributed by atoms with Crippen LogP contribution in [0.4, 0.5) is 0 Å². The van der Waals surface area contributed by atoms with Gasteiger partial charge in [-0.05, 0) is 38.0 Å². The van der Waals surface area contributed by atoms with E-state index in [0.717, 1.165) is 24.9 Å². The summed E-state index contributed by atoms with van der Waals surface area (Å²) >= 11 is 0. The quantitative estimate of drug-likeness (QED) is 0.441. The third-order valence-electron chi connectivity index (χ3n) is 4.19. The summed E-state index contributed by atoms with van der Waals surface area (Å²) in [4.78, 5) is 0. The molecule has 0 spiro atoms. The molecule has 18 heavy (non-hydrogen) atoms. The number of unbranched alkanes of at least 4 members (excludes halogenated alkanes) is 1. The molecular weight excluding hydrogens is 224 g/mol. The van der Waals surface area contributed by atoms with E-state index >= 15 is 0 Å². The summed E-state index contributed by atoms with van der Waals surface area (Å²) in [5, 5.41) is 0. The number of hydrogen-bond acceptors (Lipinski definition) is 3. The summed E-state index contributed by atoms with van der Waals surface area (Å²) < 4.78 is 5.93. The summed E-state index contributed by atoms with van der Waals surface area (Å²) in [6.45, 7) is 7.43. The predicted octanol–water partition coefficient (Wildman–Crippen LogP) is 3.24. The van der Waals surface area contributed by atoms with Crippen LogP contribution in [0.25, 0.3) is 0 Å². The van der Waals surface area contributed by atoms with E-state index in [2.05, 4.69) is 26.2 Å². The van der Waals surface area contributed by atoms with Crippen LogP contribution in [-0.2, 0) is 4.74 Å². The SMILES string of the molecule is CCCCC(CC)CC(NN)C(OCC)C1CC1. The maximum Gasteiger partial charge on any atom is 0.0769 e. The number of rotatable bonds is 11. The van der Waals surface area contributed by atoms with Crippen LogP contribution in [0.1, 0.15) is 65.7 Å². The van der Waals surface area contributed by atoms with Crippen LogP contribution in [-0.4, -0.2) is 18.8 Å². The molecule has 0 aromatic heterocycles. The Hall–Kier alpha value is -0.120. The van der Waals surface area contributed by atoms with Crippen LogP contribution in [0.3, 0.4) is 0 Å². The van der Waals surface area contributed by atoms with Gasteiger partial charge in [0, 0.05) is 12.6 Å². The molecule has 3 unspecified atom stereocenters. The van der Waals surface area contributed by atoms with Gasteiger partial charge in [0.25, 0.3) is 0 Å². The van der Waals surface area contributed by atoms with E-state index in [-0.39, 0.29) is 0 Å². The highest BCUT2D eigenvalue weighted by atomic mass is 16.5. The van der Waals surface area contributed by atoms with Gasteiger partial charge in [-0.15, -0.1) is 0 Å². The molecule has 0 radical (unpaired) electrons. The lowest BCUT2D eigenvalue weighted by Gasteiger charge is -2.29. The second-order valence-corrected chi connectivity index (χ2v) is 5.68. The third-order valence-corrected chi connectivity index (χ3v) is 4.19. The van der Waals surface area contributed by atoms with Crippen molar-refractivity contribution in [1.82, 2.24) is 5.43 Å². The molecule has 3 N–H and O–H groups in total. The summed E-state index contributed by atoms with van der Waals surface area (Å²) in [6, 6.07) is 0.333. The summed E-state index contributed by atoms with van der Waals surface area (Å²) in [7, 11) is 0. The lowest BCUT2D eigenvalue weighted by Crippen LogP contribution is -2.47. The van der Waals surface area contributed by atoms with Crippen LogP contribution in [0.15, 0.2) is 0 Å².